The van der Waals surface area contributed by atoms with Gasteiger partial charge in [0.25, 0.3) is 0 Å². The van der Waals surface area contributed by atoms with E-state index in [-0.39, 0.29) is 12.5 Å². The number of nitrogens with one attached hydrogen (secondary N) is 1. The number of carbonyl (C=O) groups excluding carboxylic acids is 1. The lowest BCUT2D eigenvalue weighted by atomic mass is 10.3. The molecule has 1 aromatic rings. The molecule has 15 heavy (non-hydrogen) atoms. The molecule has 6 heteroatoms. The monoisotopic (exact) mass is 229 g/mol. The van der Waals surface area contributed by atoms with Crippen molar-refractivity contribution in [2.45, 2.75) is 6.04 Å². The van der Waals surface area contributed by atoms with Gasteiger partial charge in [0.05, 0.1) is 6.61 Å². The predicted molar refractivity (Wildman–Crippen MR) is 57.7 cm³/mol. The smallest absolute Gasteiger partial charge is 0.243 e. The number of methoxy groups -OCH3 is 1. The Hall–Kier alpha value is -1.17. The number of aromatic nitrogens is 1. The lowest BCUT2D eigenvalue weighted by Gasteiger charge is -2.10. The highest BCUT2D eigenvalue weighted by Crippen LogP contribution is 2.11. The molecule has 0 fully saturated rings. The van der Waals surface area contributed by atoms with Crippen LogP contribution < -0.4 is 11.1 Å². The number of anilines is 1. The summed E-state index contributed by atoms with van der Waals surface area (Å²) < 4.78 is 4.76. The number of rotatable bonds is 4. The van der Waals surface area contributed by atoms with Gasteiger partial charge in [0.2, 0.25) is 5.91 Å². The van der Waals surface area contributed by atoms with Crippen molar-refractivity contribution in [3.63, 3.8) is 0 Å². The molecule has 0 spiro atoms. The number of nitrogens with two attached hydrogens (primary N) is 1. The van der Waals surface area contributed by atoms with Gasteiger partial charge < -0.3 is 15.8 Å². The van der Waals surface area contributed by atoms with Gasteiger partial charge in [-0.25, -0.2) is 4.98 Å². The Morgan fingerprint density at radius 1 is 1.80 bits per heavy atom. The molecule has 5 nitrogen and oxygen atoms in total. The number of hydrogen-bond acceptors (Lipinski definition) is 4. The van der Waals surface area contributed by atoms with E-state index >= 15 is 0 Å². The zero-order valence-electron chi connectivity index (χ0n) is 8.24. The molecule has 0 radical (unpaired) electrons. The van der Waals surface area contributed by atoms with Crippen molar-refractivity contribution >= 4 is 23.2 Å². The largest absolute Gasteiger partial charge is 0.383 e. The summed E-state index contributed by atoms with van der Waals surface area (Å²) in [4.78, 5) is 15.2. The number of halogens is 1. The molecule has 0 saturated carbocycles. The summed E-state index contributed by atoms with van der Waals surface area (Å²) in [6.45, 7) is 0.171. The Bertz CT molecular complexity index is 346. The van der Waals surface area contributed by atoms with E-state index < -0.39 is 6.04 Å². The number of ether oxygens (including phenoxy) is 1. The zero-order chi connectivity index (χ0) is 11.3. The van der Waals surface area contributed by atoms with Crippen LogP contribution >= 0.6 is 11.6 Å². The van der Waals surface area contributed by atoms with Gasteiger partial charge in [0.15, 0.2) is 0 Å². The summed E-state index contributed by atoms with van der Waals surface area (Å²) in [6, 6.07) is 2.48. The average molecular weight is 230 g/mol. The van der Waals surface area contributed by atoms with E-state index in [2.05, 4.69) is 10.3 Å². The fraction of sp³-hybridized carbons (Fsp3) is 0.333. The van der Waals surface area contributed by atoms with E-state index in [0.717, 1.165) is 0 Å². The number of carbonyl (C=O) groups is 1. The van der Waals surface area contributed by atoms with Crippen LogP contribution in [0.2, 0.25) is 5.15 Å². The van der Waals surface area contributed by atoms with Gasteiger partial charge in [-0.15, -0.1) is 0 Å². The summed E-state index contributed by atoms with van der Waals surface area (Å²) in [7, 11) is 1.48. The first-order valence-electron chi connectivity index (χ1n) is 4.30. The topological polar surface area (TPSA) is 77.2 Å². The molecule has 1 unspecified atom stereocenters. The second-order valence-electron chi connectivity index (χ2n) is 2.92. The molecule has 82 valence electrons. The molecule has 0 saturated heterocycles. The SMILES string of the molecule is COCC(N)C(=O)Nc1ccnc(Cl)c1. The van der Waals surface area contributed by atoms with Gasteiger partial charge in [-0.1, -0.05) is 11.6 Å². The van der Waals surface area contributed by atoms with Gasteiger partial charge >= 0.3 is 0 Å². The Labute approximate surface area is 92.6 Å². The molecular formula is C9H12ClN3O2. The van der Waals surface area contributed by atoms with Gasteiger partial charge in [-0.05, 0) is 12.1 Å². The molecule has 0 aliphatic heterocycles. The fourth-order valence-corrected chi connectivity index (χ4v) is 1.14. The maximum atomic E-state index is 11.4. The quantitative estimate of drug-likeness (QED) is 0.743. The highest BCUT2D eigenvalue weighted by Gasteiger charge is 2.12. The number of hydrogen-bond donors (Lipinski definition) is 2. The zero-order valence-corrected chi connectivity index (χ0v) is 8.99. The van der Waals surface area contributed by atoms with Crippen molar-refractivity contribution in [3.8, 4) is 0 Å². The van der Waals surface area contributed by atoms with Crippen molar-refractivity contribution in [1.82, 2.24) is 4.98 Å². The van der Waals surface area contributed by atoms with Crippen molar-refractivity contribution < 1.29 is 9.53 Å². The third kappa shape index (κ3) is 3.83. The van der Waals surface area contributed by atoms with Crippen LogP contribution in [0.15, 0.2) is 18.3 Å². The fourth-order valence-electron chi connectivity index (χ4n) is 0.970. The minimum atomic E-state index is -0.693. The lowest BCUT2D eigenvalue weighted by molar-refractivity contribution is -0.118. The van der Waals surface area contributed by atoms with E-state index in [9.17, 15) is 4.79 Å². The highest BCUT2D eigenvalue weighted by atomic mass is 35.5. The van der Waals surface area contributed by atoms with Gasteiger partial charge in [-0.2, -0.15) is 0 Å². The maximum Gasteiger partial charge on any atom is 0.243 e. The summed E-state index contributed by atoms with van der Waals surface area (Å²) >= 11 is 5.65. The minimum absolute atomic E-state index is 0.171. The standard InChI is InChI=1S/C9H12ClN3O2/c1-15-5-7(11)9(14)13-6-2-3-12-8(10)4-6/h2-4,7H,5,11H2,1H3,(H,12,13,14). The molecule has 0 aromatic carbocycles. The summed E-state index contributed by atoms with van der Waals surface area (Å²) in [5, 5.41) is 2.91. The predicted octanol–water partition coefficient (Wildman–Crippen LogP) is 0.647. The van der Waals surface area contributed by atoms with Crippen molar-refractivity contribution in [2.24, 2.45) is 5.73 Å². The third-order valence-electron chi connectivity index (χ3n) is 1.68. The summed E-state index contributed by atoms with van der Waals surface area (Å²) in [6.07, 6.45) is 1.50. The van der Waals surface area contributed by atoms with Crippen LogP contribution in [0, 0.1) is 0 Å². The molecule has 1 aromatic heterocycles. The van der Waals surface area contributed by atoms with E-state index in [4.69, 9.17) is 22.1 Å². The molecule has 0 aliphatic carbocycles. The van der Waals surface area contributed by atoms with Crippen molar-refractivity contribution in [2.75, 3.05) is 19.0 Å². The van der Waals surface area contributed by atoms with E-state index in [0.29, 0.717) is 10.8 Å². The minimum Gasteiger partial charge on any atom is -0.383 e. The molecule has 1 amide bonds. The van der Waals surface area contributed by atoms with Gasteiger partial charge in [-0.3, -0.25) is 4.79 Å². The summed E-state index contributed by atoms with van der Waals surface area (Å²) in [5.74, 6) is -0.320. The Morgan fingerprint density at radius 3 is 3.13 bits per heavy atom. The van der Waals surface area contributed by atoms with Crippen LogP contribution in [-0.4, -0.2) is 30.6 Å². The van der Waals surface area contributed by atoms with Gasteiger partial charge in [0.1, 0.15) is 11.2 Å². The first kappa shape index (κ1) is 11.9. The van der Waals surface area contributed by atoms with Crippen LogP contribution in [0.1, 0.15) is 0 Å². The van der Waals surface area contributed by atoms with Crippen LogP contribution in [0.5, 0.6) is 0 Å². The van der Waals surface area contributed by atoms with E-state index in [1.54, 1.807) is 12.1 Å². The van der Waals surface area contributed by atoms with E-state index in [1.165, 1.54) is 13.3 Å². The molecular weight excluding hydrogens is 218 g/mol. The van der Waals surface area contributed by atoms with Crippen molar-refractivity contribution in [1.29, 1.82) is 0 Å². The van der Waals surface area contributed by atoms with Gasteiger partial charge in [0, 0.05) is 19.0 Å². The van der Waals surface area contributed by atoms with Crippen LogP contribution in [0.4, 0.5) is 5.69 Å². The normalized spacial score (nSPS) is 12.2. The number of nitrogens with zero attached hydrogens (tertiary/aromatic N) is 1. The van der Waals surface area contributed by atoms with Crippen LogP contribution in [0.3, 0.4) is 0 Å². The number of amides is 1. The molecule has 3 N–H and O–H groups in total. The first-order chi connectivity index (χ1) is 7.13. The first-order valence-corrected chi connectivity index (χ1v) is 4.68. The Kier molecular flexibility index (Phi) is 4.48. The van der Waals surface area contributed by atoms with Crippen LogP contribution in [-0.2, 0) is 9.53 Å². The molecule has 1 heterocycles. The second kappa shape index (κ2) is 5.65. The molecule has 1 atom stereocenters. The average Bonchev–Trinajstić information content (AvgIpc) is 2.18. The summed E-state index contributed by atoms with van der Waals surface area (Å²) in [5.41, 5.74) is 6.09. The lowest BCUT2D eigenvalue weighted by Crippen LogP contribution is -2.39. The van der Waals surface area contributed by atoms with E-state index in [1.807, 2.05) is 0 Å². The van der Waals surface area contributed by atoms with Crippen molar-refractivity contribution in [3.05, 3.63) is 23.5 Å². The Balaban J connectivity index is 2.58. The molecule has 1 rings (SSSR count). The third-order valence-corrected chi connectivity index (χ3v) is 1.88. The maximum absolute atomic E-state index is 11.4. The Morgan fingerprint density at radius 2 is 2.53 bits per heavy atom. The van der Waals surface area contributed by atoms with Crippen LogP contribution in [0.25, 0.3) is 0 Å². The molecule has 0 aliphatic rings. The number of pyridine rings is 1. The molecule has 0 bridgehead atoms. The second-order valence-corrected chi connectivity index (χ2v) is 3.31. The highest BCUT2D eigenvalue weighted by molar-refractivity contribution is 6.29.